The molecule has 0 bridgehead atoms. The van der Waals surface area contributed by atoms with Gasteiger partial charge in [-0.05, 0) is 26.0 Å². The zero-order valence-electron chi connectivity index (χ0n) is 12.7. The summed E-state index contributed by atoms with van der Waals surface area (Å²) in [5.41, 5.74) is 0.437. The molecule has 0 aliphatic carbocycles. The topological polar surface area (TPSA) is 81.1 Å². The molecule has 0 fully saturated rings. The van der Waals surface area contributed by atoms with Crippen LogP contribution in [0.1, 0.15) is 24.3 Å². The lowest BCUT2D eigenvalue weighted by atomic mass is 10.2. The second-order valence-electron chi connectivity index (χ2n) is 5.18. The molecule has 23 heavy (non-hydrogen) atoms. The van der Waals surface area contributed by atoms with Gasteiger partial charge in [0.15, 0.2) is 0 Å². The minimum Gasteiger partial charge on any atom is -0.333 e. The Bertz CT molecular complexity index is 840. The van der Waals surface area contributed by atoms with Crippen LogP contribution in [0.15, 0.2) is 24.4 Å². The van der Waals surface area contributed by atoms with Gasteiger partial charge in [-0.25, -0.2) is 18.1 Å². The molecule has 0 aliphatic heterocycles. The number of hydrogen-bond acceptors (Lipinski definition) is 4. The number of benzene rings is 1. The van der Waals surface area contributed by atoms with E-state index >= 15 is 0 Å². The average molecular weight is 376 g/mol. The summed E-state index contributed by atoms with van der Waals surface area (Å²) < 4.78 is 27.1. The standard InChI is InChI=1S/C14H15Cl2N3O3S/c1-8(2)23(21,22)18-14(20)11-7-19(3)13(17-11)12-9(15)5-4-6-10(12)16/h4-8H,1-3H3,(H,18,20). The van der Waals surface area contributed by atoms with Gasteiger partial charge < -0.3 is 4.57 Å². The third-order valence-corrected chi connectivity index (χ3v) is 5.49. The molecule has 1 aromatic carbocycles. The predicted octanol–water partition coefficient (Wildman–Crippen LogP) is 2.86. The molecule has 0 aliphatic rings. The van der Waals surface area contributed by atoms with E-state index in [9.17, 15) is 13.2 Å². The molecule has 0 saturated carbocycles. The molecular formula is C14H15Cl2N3O3S. The fourth-order valence-corrected chi connectivity index (χ4v) is 2.98. The Kier molecular flexibility index (Phi) is 5.03. The number of halogens is 2. The number of aryl methyl sites for hydroxylation is 1. The Morgan fingerprint density at radius 3 is 2.35 bits per heavy atom. The Morgan fingerprint density at radius 2 is 1.83 bits per heavy atom. The molecule has 9 heteroatoms. The van der Waals surface area contributed by atoms with Crippen LogP contribution in [0.4, 0.5) is 0 Å². The van der Waals surface area contributed by atoms with Crippen molar-refractivity contribution in [2.24, 2.45) is 7.05 Å². The molecule has 1 amide bonds. The highest BCUT2D eigenvalue weighted by atomic mass is 35.5. The van der Waals surface area contributed by atoms with Gasteiger partial charge in [0.05, 0.1) is 20.9 Å². The monoisotopic (exact) mass is 375 g/mol. The summed E-state index contributed by atoms with van der Waals surface area (Å²) in [7, 11) is -2.07. The third kappa shape index (κ3) is 3.68. The van der Waals surface area contributed by atoms with Crippen LogP contribution in [0.25, 0.3) is 11.4 Å². The van der Waals surface area contributed by atoms with E-state index in [0.29, 0.717) is 21.4 Å². The average Bonchev–Trinajstić information content (AvgIpc) is 2.80. The van der Waals surface area contributed by atoms with Crippen molar-refractivity contribution in [3.05, 3.63) is 40.1 Å². The number of rotatable bonds is 4. The van der Waals surface area contributed by atoms with Gasteiger partial charge in [-0.15, -0.1) is 0 Å². The Morgan fingerprint density at radius 1 is 1.26 bits per heavy atom. The van der Waals surface area contributed by atoms with Crippen molar-refractivity contribution in [2.75, 3.05) is 0 Å². The maximum Gasteiger partial charge on any atom is 0.284 e. The Hall–Kier alpha value is -1.57. The quantitative estimate of drug-likeness (QED) is 0.890. The summed E-state index contributed by atoms with van der Waals surface area (Å²) in [4.78, 5) is 16.3. The molecule has 0 atom stereocenters. The molecule has 1 heterocycles. The van der Waals surface area contributed by atoms with E-state index in [1.807, 2.05) is 4.72 Å². The van der Waals surface area contributed by atoms with Crippen molar-refractivity contribution in [1.29, 1.82) is 0 Å². The van der Waals surface area contributed by atoms with Gasteiger partial charge in [-0.2, -0.15) is 0 Å². The van der Waals surface area contributed by atoms with Crippen molar-refractivity contribution >= 4 is 39.1 Å². The number of nitrogens with zero attached hydrogens (tertiary/aromatic N) is 2. The van der Waals surface area contributed by atoms with Crippen molar-refractivity contribution in [2.45, 2.75) is 19.1 Å². The zero-order valence-corrected chi connectivity index (χ0v) is 15.0. The summed E-state index contributed by atoms with van der Waals surface area (Å²) >= 11 is 12.3. The minimum absolute atomic E-state index is 0.0392. The number of amides is 1. The fourth-order valence-electron chi connectivity index (χ4n) is 1.82. The first-order valence-electron chi connectivity index (χ1n) is 6.67. The lowest BCUT2D eigenvalue weighted by Crippen LogP contribution is -2.36. The van der Waals surface area contributed by atoms with Crippen LogP contribution in [0.3, 0.4) is 0 Å². The van der Waals surface area contributed by atoms with E-state index < -0.39 is 21.2 Å². The number of nitrogens with one attached hydrogen (secondary N) is 1. The van der Waals surface area contributed by atoms with Crippen LogP contribution >= 0.6 is 23.2 Å². The minimum atomic E-state index is -3.73. The van der Waals surface area contributed by atoms with Crippen molar-refractivity contribution in [1.82, 2.24) is 14.3 Å². The summed E-state index contributed by atoms with van der Waals surface area (Å²) in [6.45, 7) is 2.95. The van der Waals surface area contributed by atoms with Gasteiger partial charge in [0.1, 0.15) is 11.5 Å². The third-order valence-electron chi connectivity index (χ3n) is 3.15. The van der Waals surface area contributed by atoms with E-state index in [4.69, 9.17) is 23.2 Å². The van der Waals surface area contributed by atoms with E-state index in [2.05, 4.69) is 4.98 Å². The normalized spacial score (nSPS) is 11.7. The molecule has 1 N–H and O–H groups in total. The van der Waals surface area contributed by atoms with Crippen LogP contribution in [0, 0.1) is 0 Å². The van der Waals surface area contributed by atoms with E-state index in [1.165, 1.54) is 20.0 Å². The van der Waals surface area contributed by atoms with E-state index in [0.717, 1.165) is 0 Å². The Balaban J connectivity index is 2.41. The molecule has 0 spiro atoms. The lowest BCUT2D eigenvalue weighted by molar-refractivity contribution is 0.0976. The SMILES string of the molecule is CC(C)S(=O)(=O)NC(=O)c1cn(C)c(-c2c(Cl)cccc2Cl)n1. The molecule has 1 aromatic heterocycles. The first-order chi connectivity index (χ1) is 10.6. The first-order valence-corrected chi connectivity index (χ1v) is 8.97. The van der Waals surface area contributed by atoms with Crippen LogP contribution in [-0.4, -0.2) is 29.1 Å². The molecule has 0 unspecified atom stereocenters. The van der Waals surface area contributed by atoms with Gasteiger partial charge in [-0.1, -0.05) is 29.3 Å². The number of aromatic nitrogens is 2. The van der Waals surface area contributed by atoms with Crippen LogP contribution in [-0.2, 0) is 17.1 Å². The number of carbonyl (C=O) groups excluding carboxylic acids is 1. The number of imidazole rings is 1. The van der Waals surface area contributed by atoms with Crippen molar-refractivity contribution < 1.29 is 13.2 Å². The number of carbonyl (C=O) groups is 1. The summed E-state index contributed by atoms with van der Waals surface area (Å²) in [5, 5.41) is 0.0357. The highest BCUT2D eigenvalue weighted by molar-refractivity contribution is 7.90. The Labute approximate surface area is 144 Å². The second-order valence-corrected chi connectivity index (χ2v) is 8.23. The zero-order chi connectivity index (χ0) is 17.4. The van der Waals surface area contributed by atoms with Gasteiger partial charge >= 0.3 is 0 Å². The lowest BCUT2D eigenvalue weighted by Gasteiger charge is -2.07. The van der Waals surface area contributed by atoms with Crippen molar-refractivity contribution in [3.8, 4) is 11.4 Å². The highest BCUT2D eigenvalue weighted by Gasteiger charge is 2.23. The maximum absolute atomic E-state index is 12.1. The van der Waals surface area contributed by atoms with Gasteiger partial charge in [0, 0.05) is 13.2 Å². The molecule has 2 aromatic rings. The fraction of sp³-hybridized carbons (Fsp3) is 0.286. The number of hydrogen-bond donors (Lipinski definition) is 1. The predicted molar refractivity (Wildman–Crippen MR) is 90.2 cm³/mol. The van der Waals surface area contributed by atoms with E-state index in [1.54, 1.807) is 29.8 Å². The summed E-state index contributed by atoms with van der Waals surface area (Å²) in [6, 6.07) is 5.00. The highest BCUT2D eigenvalue weighted by Crippen LogP contribution is 2.33. The number of sulfonamides is 1. The smallest absolute Gasteiger partial charge is 0.284 e. The van der Waals surface area contributed by atoms with Crippen LogP contribution in [0.5, 0.6) is 0 Å². The van der Waals surface area contributed by atoms with Gasteiger partial charge in [-0.3, -0.25) is 4.79 Å². The first kappa shape index (κ1) is 17.8. The second kappa shape index (κ2) is 6.51. The molecular weight excluding hydrogens is 361 g/mol. The van der Waals surface area contributed by atoms with Gasteiger partial charge in [0.25, 0.3) is 5.91 Å². The van der Waals surface area contributed by atoms with E-state index in [-0.39, 0.29) is 5.69 Å². The molecule has 0 saturated heterocycles. The summed E-state index contributed by atoms with van der Waals surface area (Å²) in [6.07, 6.45) is 1.42. The molecule has 0 radical (unpaired) electrons. The molecule has 6 nitrogen and oxygen atoms in total. The largest absolute Gasteiger partial charge is 0.333 e. The molecule has 2 rings (SSSR count). The van der Waals surface area contributed by atoms with Gasteiger partial charge in [0.2, 0.25) is 10.0 Å². The van der Waals surface area contributed by atoms with Crippen LogP contribution in [0.2, 0.25) is 10.0 Å². The van der Waals surface area contributed by atoms with Crippen LogP contribution < -0.4 is 4.72 Å². The maximum atomic E-state index is 12.1. The summed E-state index contributed by atoms with van der Waals surface area (Å²) in [5.74, 6) is -0.434. The molecule has 124 valence electrons. The van der Waals surface area contributed by atoms with Crippen molar-refractivity contribution in [3.63, 3.8) is 0 Å².